The predicted molar refractivity (Wildman–Crippen MR) is 106 cm³/mol. The summed E-state index contributed by atoms with van der Waals surface area (Å²) in [4.78, 5) is 27.1. The first-order valence-corrected chi connectivity index (χ1v) is 9.58. The van der Waals surface area contributed by atoms with Crippen molar-refractivity contribution in [1.82, 2.24) is 19.9 Å². The van der Waals surface area contributed by atoms with E-state index >= 15 is 0 Å². The Balaban J connectivity index is 1.49. The average molecular weight is 418 g/mol. The maximum Gasteiger partial charge on any atom is 0.239 e. The van der Waals surface area contributed by atoms with Gasteiger partial charge in [-0.3, -0.25) is 14.0 Å². The molecule has 2 atom stereocenters. The summed E-state index contributed by atoms with van der Waals surface area (Å²) in [5.41, 5.74) is 1.21. The van der Waals surface area contributed by atoms with E-state index in [1.54, 1.807) is 22.6 Å². The minimum Gasteiger partial charge on any atom is -0.346 e. The highest BCUT2D eigenvalue weighted by molar-refractivity contribution is 6.36. The molecule has 0 aliphatic carbocycles. The number of carbonyl (C=O) groups is 2. The van der Waals surface area contributed by atoms with Gasteiger partial charge in [0.1, 0.15) is 5.92 Å². The molecular weight excluding hydrogens is 401 g/mol. The molecule has 2 unspecified atom stereocenters. The normalized spacial score (nSPS) is 17.9. The number of rotatable bonds is 4. The van der Waals surface area contributed by atoms with Crippen LogP contribution in [0.5, 0.6) is 0 Å². The van der Waals surface area contributed by atoms with E-state index in [9.17, 15) is 9.59 Å². The van der Waals surface area contributed by atoms with Crippen LogP contribution in [-0.4, -0.2) is 33.0 Å². The van der Waals surface area contributed by atoms with Gasteiger partial charge in [0.05, 0.1) is 16.8 Å². The van der Waals surface area contributed by atoms with Crippen LogP contribution >= 0.6 is 23.2 Å². The lowest BCUT2D eigenvalue weighted by Crippen LogP contribution is -2.38. The van der Waals surface area contributed by atoms with Crippen LogP contribution in [-0.2, 0) is 9.59 Å². The fourth-order valence-electron chi connectivity index (χ4n) is 3.39. The Hall–Kier alpha value is -2.64. The fourth-order valence-corrected chi connectivity index (χ4v) is 3.77. The summed E-state index contributed by atoms with van der Waals surface area (Å²) in [5.74, 6) is -0.813. The molecule has 0 radical (unpaired) electrons. The van der Waals surface area contributed by atoms with Crippen LogP contribution in [0, 0.1) is 5.92 Å². The smallest absolute Gasteiger partial charge is 0.239 e. The van der Waals surface area contributed by atoms with E-state index in [2.05, 4.69) is 15.5 Å². The number of halogens is 2. The van der Waals surface area contributed by atoms with Gasteiger partial charge in [-0.1, -0.05) is 29.3 Å². The molecule has 3 aromatic rings. The molecule has 3 heterocycles. The van der Waals surface area contributed by atoms with Gasteiger partial charge < -0.3 is 10.2 Å². The number of carbonyl (C=O) groups excluding carboxylic acids is 2. The third-order valence-corrected chi connectivity index (χ3v) is 5.36. The molecule has 0 spiro atoms. The van der Waals surface area contributed by atoms with Gasteiger partial charge in [0, 0.05) is 17.8 Å². The second kappa shape index (κ2) is 7.41. The van der Waals surface area contributed by atoms with Crippen LogP contribution in [0.1, 0.15) is 25.2 Å². The topological polar surface area (TPSA) is 79.6 Å². The number of benzene rings is 1. The van der Waals surface area contributed by atoms with Crippen molar-refractivity contribution in [2.45, 2.75) is 19.4 Å². The van der Waals surface area contributed by atoms with Crippen molar-refractivity contribution < 1.29 is 9.59 Å². The van der Waals surface area contributed by atoms with Crippen molar-refractivity contribution in [2.75, 3.05) is 11.4 Å². The summed E-state index contributed by atoms with van der Waals surface area (Å²) in [7, 11) is 0. The number of aromatic nitrogens is 3. The number of pyridine rings is 1. The Kier molecular flexibility index (Phi) is 4.95. The molecule has 1 saturated heterocycles. The number of amides is 2. The Morgan fingerprint density at radius 3 is 2.89 bits per heavy atom. The molecule has 7 nitrogen and oxygen atoms in total. The van der Waals surface area contributed by atoms with Crippen molar-refractivity contribution in [3.63, 3.8) is 0 Å². The van der Waals surface area contributed by atoms with Gasteiger partial charge in [-0.15, -0.1) is 10.2 Å². The monoisotopic (exact) mass is 417 g/mol. The Morgan fingerprint density at radius 2 is 2.07 bits per heavy atom. The lowest BCUT2D eigenvalue weighted by Gasteiger charge is -2.19. The zero-order valence-electron chi connectivity index (χ0n) is 15.0. The molecule has 0 saturated carbocycles. The second-order valence-corrected chi connectivity index (χ2v) is 7.49. The summed E-state index contributed by atoms with van der Waals surface area (Å²) in [5, 5.41) is 12.0. The lowest BCUT2D eigenvalue weighted by molar-refractivity contribution is -0.132. The SMILES string of the molecule is CC(NC(=O)C1CCN(c2cc(Cl)ccc2Cl)C1=O)c1nnc2ccccn12. The zero-order chi connectivity index (χ0) is 19.8. The Bertz CT molecular complexity index is 1070. The van der Waals surface area contributed by atoms with E-state index in [0.717, 1.165) is 0 Å². The van der Waals surface area contributed by atoms with Crippen molar-refractivity contribution in [1.29, 1.82) is 0 Å². The van der Waals surface area contributed by atoms with E-state index in [1.165, 1.54) is 4.90 Å². The maximum absolute atomic E-state index is 12.8. The van der Waals surface area contributed by atoms with E-state index in [-0.39, 0.29) is 11.8 Å². The molecule has 0 bridgehead atoms. The number of hydrogen-bond acceptors (Lipinski definition) is 4. The van der Waals surface area contributed by atoms with Gasteiger partial charge in [-0.05, 0) is 43.7 Å². The second-order valence-electron chi connectivity index (χ2n) is 6.64. The molecule has 2 amide bonds. The van der Waals surface area contributed by atoms with Crippen LogP contribution in [0.3, 0.4) is 0 Å². The molecule has 1 fully saturated rings. The largest absolute Gasteiger partial charge is 0.346 e. The van der Waals surface area contributed by atoms with Crippen molar-refractivity contribution in [2.24, 2.45) is 5.92 Å². The first-order valence-electron chi connectivity index (χ1n) is 8.82. The zero-order valence-corrected chi connectivity index (χ0v) is 16.5. The average Bonchev–Trinajstić information content (AvgIpc) is 3.27. The minimum absolute atomic E-state index is 0.292. The first-order chi connectivity index (χ1) is 13.5. The lowest BCUT2D eigenvalue weighted by atomic mass is 10.1. The highest BCUT2D eigenvalue weighted by atomic mass is 35.5. The standard InChI is InChI=1S/C19H17Cl2N5O2/c1-11(17-24-23-16-4-2-3-8-26(16)17)22-18(27)13-7-9-25(19(13)28)15-10-12(20)5-6-14(15)21/h2-6,8,10-11,13H,7,9H2,1H3,(H,22,27). The number of nitrogens with one attached hydrogen (secondary N) is 1. The van der Waals surface area contributed by atoms with Gasteiger partial charge in [-0.2, -0.15) is 0 Å². The molecule has 4 rings (SSSR count). The highest BCUT2D eigenvalue weighted by Gasteiger charge is 2.39. The van der Waals surface area contributed by atoms with E-state index in [0.29, 0.717) is 40.2 Å². The molecule has 1 N–H and O–H groups in total. The molecule has 9 heteroatoms. The number of fused-ring (bicyclic) bond motifs is 1. The van der Waals surface area contributed by atoms with Gasteiger partial charge in [-0.25, -0.2) is 0 Å². The van der Waals surface area contributed by atoms with Gasteiger partial charge in [0.15, 0.2) is 11.5 Å². The quantitative estimate of drug-likeness (QED) is 0.660. The fraction of sp³-hybridized carbons (Fsp3) is 0.263. The first kappa shape index (κ1) is 18.7. The summed E-state index contributed by atoms with van der Waals surface area (Å²) in [6.07, 6.45) is 2.23. The van der Waals surface area contributed by atoms with Crippen LogP contribution in [0.2, 0.25) is 10.0 Å². The predicted octanol–water partition coefficient (Wildman–Crippen LogP) is 3.27. The van der Waals surface area contributed by atoms with E-state index in [1.807, 2.05) is 31.3 Å². The molecule has 2 aromatic heterocycles. The van der Waals surface area contributed by atoms with Gasteiger partial charge >= 0.3 is 0 Å². The molecule has 1 aromatic carbocycles. The van der Waals surface area contributed by atoms with Crippen molar-refractivity contribution in [3.8, 4) is 0 Å². The van der Waals surface area contributed by atoms with Crippen molar-refractivity contribution >= 4 is 46.4 Å². The van der Waals surface area contributed by atoms with Gasteiger partial charge in [0.25, 0.3) is 0 Å². The van der Waals surface area contributed by atoms with Crippen LogP contribution in [0.25, 0.3) is 5.65 Å². The highest BCUT2D eigenvalue weighted by Crippen LogP contribution is 2.33. The van der Waals surface area contributed by atoms with Gasteiger partial charge in [0.2, 0.25) is 11.8 Å². The molecular formula is C19H17Cl2N5O2. The van der Waals surface area contributed by atoms with Crippen LogP contribution < -0.4 is 10.2 Å². The number of anilines is 1. The third-order valence-electron chi connectivity index (χ3n) is 4.81. The van der Waals surface area contributed by atoms with E-state index < -0.39 is 12.0 Å². The number of nitrogens with zero attached hydrogens (tertiary/aromatic N) is 4. The maximum atomic E-state index is 12.8. The summed E-state index contributed by atoms with van der Waals surface area (Å²) in [6.45, 7) is 2.21. The van der Waals surface area contributed by atoms with E-state index in [4.69, 9.17) is 23.2 Å². The minimum atomic E-state index is -0.781. The van der Waals surface area contributed by atoms with Crippen molar-refractivity contribution in [3.05, 3.63) is 58.5 Å². The molecule has 1 aliphatic rings. The molecule has 1 aliphatic heterocycles. The van der Waals surface area contributed by atoms with Crippen LogP contribution in [0.15, 0.2) is 42.6 Å². The Morgan fingerprint density at radius 1 is 1.25 bits per heavy atom. The summed E-state index contributed by atoms with van der Waals surface area (Å²) >= 11 is 12.2. The number of hydrogen-bond donors (Lipinski definition) is 1. The Labute approximate surface area is 171 Å². The summed E-state index contributed by atoms with van der Waals surface area (Å²) < 4.78 is 1.81. The molecule has 144 valence electrons. The third kappa shape index (κ3) is 3.31. The molecule has 28 heavy (non-hydrogen) atoms. The van der Waals surface area contributed by atoms with Crippen LogP contribution in [0.4, 0.5) is 5.69 Å². The summed E-state index contributed by atoms with van der Waals surface area (Å²) in [6, 6.07) is 10.1.